The Labute approximate surface area is 159 Å². The van der Waals surface area contributed by atoms with Gasteiger partial charge in [-0.05, 0) is 39.3 Å². The molecule has 4 rings (SSSR count). The third-order valence-electron chi connectivity index (χ3n) is 5.50. The van der Waals surface area contributed by atoms with E-state index in [-0.39, 0.29) is 0 Å². The first kappa shape index (κ1) is 17.9. The zero-order valence-corrected chi connectivity index (χ0v) is 16.4. The van der Waals surface area contributed by atoms with Crippen molar-refractivity contribution in [2.45, 2.75) is 52.2 Å². The molecule has 4 heterocycles. The maximum atomic E-state index is 4.58. The van der Waals surface area contributed by atoms with E-state index < -0.39 is 0 Å². The largest absolute Gasteiger partial charge is 0.316 e. The standard InChI is InChI=1S/C19H28N8/c1-4-26-13-17(15(2)23-26)12-25-9-5-7-16(11-25)19-22-21-18(24(19)3)14-27-10-6-8-20-27/h6,8,10,13,16H,4-5,7,9,11-12,14H2,1-3H3. The number of nitrogens with zero attached hydrogens (tertiary/aromatic N) is 8. The van der Waals surface area contributed by atoms with Crippen LogP contribution in [0.3, 0.4) is 0 Å². The third-order valence-corrected chi connectivity index (χ3v) is 5.50. The van der Waals surface area contributed by atoms with Crippen molar-refractivity contribution in [3.05, 3.63) is 47.6 Å². The van der Waals surface area contributed by atoms with Gasteiger partial charge in [0.2, 0.25) is 0 Å². The zero-order valence-electron chi connectivity index (χ0n) is 16.4. The quantitative estimate of drug-likeness (QED) is 0.665. The van der Waals surface area contributed by atoms with Crippen molar-refractivity contribution in [3.8, 4) is 0 Å². The first-order valence-corrected chi connectivity index (χ1v) is 9.75. The number of piperidine rings is 1. The minimum absolute atomic E-state index is 0.421. The smallest absolute Gasteiger partial charge is 0.154 e. The molecule has 8 nitrogen and oxygen atoms in total. The van der Waals surface area contributed by atoms with Gasteiger partial charge >= 0.3 is 0 Å². The summed E-state index contributed by atoms with van der Waals surface area (Å²) in [7, 11) is 2.07. The molecule has 1 aliphatic heterocycles. The van der Waals surface area contributed by atoms with Gasteiger partial charge in [0.05, 0.1) is 5.69 Å². The van der Waals surface area contributed by atoms with Crippen molar-refractivity contribution in [2.24, 2.45) is 7.05 Å². The minimum Gasteiger partial charge on any atom is -0.316 e. The molecular formula is C19H28N8. The Balaban J connectivity index is 1.45. The van der Waals surface area contributed by atoms with E-state index in [1.165, 1.54) is 12.0 Å². The van der Waals surface area contributed by atoms with Crippen LogP contribution in [0.2, 0.25) is 0 Å². The molecule has 0 amide bonds. The van der Waals surface area contributed by atoms with Crippen molar-refractivity contribution < 1.29 is 0 Å². The lowest BCUT2D eigenvalue weighted by atomic mass is 9.96. The molecular weight excluding hydrogens is 340 g/mol. The fraction of sp³-hybridized carbons (Fsp3) is 0.579. The number of hydrogen-bond acceptors (Lipinski definition) is 5. The maximum absolute atomic E-state index is 4.58. The zero-order chi connectivity index (χ0) is 18.8. The van der Waals surface area contributed by atoms with E-state index in [0.29, 0.717) is 12.5 Å². The second kappa shape index (κ2) is 7.64. The van der Waals surface area contributed by atoms with E-state index in [1.54, 1.807) is 6.20 Å². The summed E-state index contributed by atoms with van der Waals surface area (Å²) in [5.74, 6) is 2.46. The highest BCUT2D eigenvalue weighted by atomic mass is 15.3. The molecule has 0 saturated carbocycles. The van der Waals surface area contributed by atoms with Gasteiger partial charge in [0.1, 0.15) is 12.4 Å². The highest BCUT2D eigenvalue weighted by Crippen LogP contribution is 2.27. The Kier molecular flexibility index (Phi) is 5.07. The highest BCUT2D eigenvalue weighted by Gasteiger charge is 2.26. The Morgan fingerprint density at radius 3 is 2.81 bits per heavy atom. The molecule has 1 aliphatic rings. The summed E-state index contributed by atoms with van der Waals surface area (Å²) in [6, 6.07) is 1.93. The molecule has 0 radical (unpaired) electrons. The van der Waals surface area contributed by atoms with Crippen molar-refractivity contribution >= 4 is 0 Å². The number of aryl methyl sites for hydroxylation is 2. The molecule has 0 bridgehead atoms. The summed E-state index contributed by atoms with van der Waals surface area (Å²) in [5.41, 5.74) is 2.47. The van der Waals surface area contributed by atoms with Gasteiger partial charge in [0.25, 0.3) is 0 Å². The second-order valence-electron chi connectivity index (χ2n) is 7.41. The van der Waals surface area contributed by atoms with Crippen molar-refractivity contribution in [3.63, 3.8) is 0 Å². The van der Waals surface area contributed by atoms with Gasteiger partial charge in [-0.2, -0.15) is 10.2 Å². The summed E-state index contributed by atoms with van der Waals surface area (Å²) in [5, 5.41) is 17.8. The van der Waals surface area contributed by atoms with Crippen LogP contribution in [-0.2, 0) is 26.7 Å². The van der Waals surface area contributed by atoms with E-state index in [0.717, 1.165) is 49.9 Å². The van der Waals surface area contributed by atoms with Gasteiger partial charge < -0.3 is 4.57 Å². The molecule has 1 saturated heterocycles. The summed E-state index contributed by atoms with van der Waals surface area (Å²) >= 11 is 0. The van der Waals surface area contributed by atoms with Gasteiger partial charge in [-0.3, -0.25) is 14.3 Å². The van der Waals surface area contributed by atoms with Crippen LogP contribution in [-0.4, -0.2) is 52.3 Å². The lowest BCUT2D eigenvalue weighted by Gasteiger charge is -2.32. The van der Waals surface area contributed by atoms with Crippen molar-refractivity contribution in [1.82, 2.24) is 39.2 Å². The fourth-order valence-electron chi connectivity index (χ4n) is 3.93. The van der Waals surface area contributed by atoms with Crippen molar-refractivity contribution in [2.75, 3.05) is 13.1 Å². The van der Waals surface area contributed by atoms with Gasteiger partial charge in [0, 0.05) is 56.8 Å². The van der Waals surface area contributed by atoms with Crippen LogP contribution in [0.1, 0.15) is 48.6 Å². The lowest BCUT2D eigenvalue weighted by molar-refractivity contribution is 0.194. The molecule has 3 aromatic rings. The second-order valence-corrected chi connectivity index (χ2v) is 7.41. The van der Waals surface area contributed by atoms with Crippen LogP contribution >= 0.6 is 0 Å². The van der Waals surface area contributed by atoms with E-state index >= 15 is 0 Å². The van der Waals surface area contributed by atoms with E-state index in [1.807, 2.05) is 21.6 Å². The lowest BCUT2D eigenvalue weighted by Crippen LogP contribution is -2.35. The van der Waals surface area contributed by atoms with Crippen LogP contribution < -0.4 is 0 Å². The number of aromatic nitrogens is 7. The number of rotatable bonds is 6. The Morgan fingerprint density at radius 2 is 2.07 bits per heavy atom. The molecule has 1 unspecified atom stereocenters. The molecule has 8 heteroatoms. The minimum atomic E-state index is 0.421. The average molecular weight is 368 g/mol. The predicted molar refractivity (Wildman–Crippen MR) is 102 cm³/mol. The van der Waals surface area contributed by atoms with Crippen LogP contribution in [0.5, 0.6) is 0 Å². The summed E-state index contributed by atoms with van der Waals surface area (Å²) in [4.78, 5) is 2.53. The molecule has 144 valence electrons. The number of likely N-dealkylation sites (tertiary alicyclic amines) is 1. The van der Waals surface area contributed by atoms with E-state index in [4.69, 9.17) is 0 Å². The van der Waals surface area contributed by atoms with E-state index in [2.05, 4.69) is 57.0 Å². The average Bonchev–Trinajstić information content (AvgIpc) is 3.39. The Hall–Kier alpha value is -2.48. The Bertz CT molecular complexity index is 876. The molecule has 0 aliphatic carbocycles. The predicted octanol–water partition coefficient (Wildman–Crippen LogP) is 1.96. The van der Waals surface area contributed by atoms with Crippen LogP contribution in [0.4, 0.5) is 0 Å². The topological polar surface area (TPSA) is 69.6 Å². The normalized spacial score (nSPS) is 18.3. The van der Waals surface area contributed by atoms with Crippen LogP contribution in [0.15, 0.2) is 24.7 Å². The van der Waals surface area contributed by atoms with Gasteiger partial charge in [-0.15, -0.1) is 10.2 Å². The van der Waals surface area contributed by atoms with Gasteiger partial charge in [-0.25, -0.2) is 0 Å². The maximum Gasteiger partial charge on any atom is 0.154 e. The molecule has 3 aromatic heterocycles. The van der Waals surface area contributed by atoms with Crippen LogP contribution in [0.25, 0.3) is 0 Å². The summed E-state index contributed by atoms with van der Waals surface area (Å²) in [6.45, 7) is 8.91. The monoisotopic (exact) mass is 368 g/mol. The number of hydrogen-bond donors (Lipinski definition) is 0. The molecule has 0 spiro atoms. The molecule has 1 atom stereocenters. The summed E-state index contributed by atoms with van der Waals surface area (Å²) < 4.78 is 6.06. The van der Waals surface area contributed by atoms with Crippen LogP contribution in [0, 0.1) is 6.92 Å². The Morgan fingerprint density at radius 1 is 1.19 bits per heavy atom. The van der Waals surface area contributed by atoms with Crippen molar-refractivity contribution in [1.29, 1.82) is 0 Å². The molecule has 0 aromatic carbocycles. The molecule has 0 N–H and O–H groups in total. The SMILES string of the molecule is CCn1cc(CN2CCCC(c3nnc(Cn4cccn4)n3C)C2)c(C)n1. The molecule has 27 heavy (non-hydrogen) atoms. The molecule has 1 fully saturated rings. The van der Waals surface area contributed by atoms with E-state index in [9.17, 15) is 0 Å². The summed E-state index contributed by atoms with van der Waals surface area (Å²) in [6.07, 6.45) is 8.28. The fourth-order valence-corrected chi connectivity index (χ4v) is 3.93. The highest BCUT2D eigenvalue weighted by molar-refractivity contribution is 5.16. The van der Waals surface area contributed by atoms with Gasteiger partial charge in [-0.1, -0.05) is 0 Å². The third kappa shape index (κ3) is 3.80. The first-order valence-electron chi connectivity index (χ1n) is 9.75. The first-order chi connectivity index (χ1) is 13.1. The van der Waals surface area contributed by atoms with Gasteiger partial charge in [0.15, 0.2) is 5.82 Å².